The fraction of sp³-hybridized carbons (Fsp3) is 0.353. The van der Waals surface area contributed by atoms with Crippen molar-refractivity contribution in [2.75, 3.05) is 26.4 Å². The average molecular weight is 858 g/mol. The van der Waals surface area contributed by atoms with Crippen molar-refractivity contribution >= 4 is 11.9 Å². The first-order valence-electron chi connectivity index (χ1n) is 21.8. The summed E-state index contributed by atoms with van der Waals surface area (Å²) in [7, 11) is 0. The molecule has 12 heteroatoms. The first kappa shape index (κ1) is 47.5. The number of hydrogen-bond donors (Lipinski definition) is 1. The van der Waals surface area contributed by atoms with Gasteiger partial charge in [-0.15, -0.1) is 15.0 Å². The second-order valence-corrected chi connectivity index (χ2v) is 15.2. The monoisotopic (exact) mass is 857 g/mol. The van der Waals surface area contributed by atoms with E-state index in [2.05, 4.69) is 28.1 Å². The summed E-state index contributed by atoms with van der Waals surface area (Å²) in [6.07, 6.45) is 12.6. The first-order chi connectivity index (χ1) is 30.7. The number of carbonyl (C=O) groups is 2. The summed E-state index contributed by atoms with van der Waals surface area (Å²) in [5.74, 6) is 1.42. The molecule has 0 aliphatic rings. The number of aliphatic hydroxyl groups excluding tert-OH is 1. The Balaban J connectivity index is 0.938. The van der Waals surface area contributed by atoms with Gasteiger partial charge in [0.05, 0.1) is 19.8 Å². The van der Waals surface area contributed by atoms with Gasteiger partial charge in [0, 0.05) is 17.8 Å². The van der Waals surface area contributed by atoms with Crippen molar-refractivity contribution < 1.29 is 43.1 Å². The molecule has 5 aromatic rings. The Labute approximate surface area is 370 Å². The molecule has 1 heterocycles. The molecule has 12 nitrogen and oxygen atoms in total. The van der Waals surface area contributed by atoms with Gasteiger partial charge in [-0.25, -0.2) is 9.59 Å². The molecule has 0 saturated carbocycles. The smallest absolute Gasteiger partial charge is 0.338 e. The van der Waals surface area contributed by atoms with E-state index in [4.69, 9.17) is 33.5 Å². The third-order valence-electron chi connectivity index (χ3n) is 9.81. The predicted molar refractivity (Wildman–Crippen MR) is 244 cm³/mol. The first-order valence-corrected chi connectivity index (χ1v) is 21.8. The molecular weight excluding hydrogens is 799 g/mol. The standard InChI is InChI=1S/C51H59N3O9/c1-37(2)47(56)61-44-27-19-40(20-28-44)39-17-25-43(26-18-39)58-34-14-11-9-7-5-6-8-10-12-15-35-59-49-52-50(60-36-16-13-33-55)54-51(53-49)63-46-31-23-42(24-32-46)41-21-29-45(30-22-41)62-48(57)38(3)4/h17-32,55H,1,3,5-16,33-36H2,2,4H3. The molecule has 0 aliphatic carbocycles. The summed E-state index contributed by atoms with van der Waals surface area (Å²) in [5, 5.41) is 9.13. The number of aliphatic hydroxyl groups is 1. The summed E-state index contributed by atoms with van der Waals surface area (Å²) < 4.78 is 34.2. The number of rotatable bonds is 28. The number of aromatic nitrogens is 3. The lowest BCUT2D eigenvalue weighted by atomic mass is 10.1. The molecule has 0 saturated heterocycles. The van der Waals surface area contributed by atoms with Crippen molar-refractivity contribution in [2.45, 2.75) is 90.9 Å². The number of ether oxygens (including phenoxy) is 6. The van der Waals surface area contributed by atoms with Gasteiger partial charge in [-0.2, -0.15) is 0 Å². The lowest BCUT2D eigenvalue weighted by Crippen LogP contribution is -2.08. The summed E-state index contributed by atoms with van der Waals surface area (Å²) in [4.78, 5) is 36.6. The van der Waals surface area contributed by atoms with E-state index in [1.807, 2.05) is 72.8 Å². The number of benzene rings is 4. The van der Waals surface area contributed by atoms with Crippen LogP contribution in [0.5, 0.6) is 41.0 Å². The van der Waals surface area contributed by atoms with Gasteiger partial charge in [-0.05, 0) is 110 Å². The fourth-order valence-corrected chi connectivity index (χ4v) is 6.23. The number of nitrogens with zero attached hydrogens (tertiary/aromatic N) is 3. The summed E-state index contributed by atoms with van der Waals surface area (Å²) in [6, 6.07) is 30.4. The van der Waals surface area contributed by atoms with Gasteiger partial charge in [0.2, 0.25) is 0 Å². The van der Waals surface area contributed by atoms with E-state index in [1.165, 1.54) is 32.1 Å². The number of unbranched alkanes of at least 4 members (excludes halogenated alkanes) is 10. The van der Waals surface area contributed by atoms with E-state index in [9.17, 15) is 9.59 Å². The Bertz CT molecular complexity index is 2190. The molecule has 0 radical (unpaired) electrons. The molecule has 0 atom stereocenters. The van der Waals surface area contributed by atoms with Crippen LogP contribution in [0.25, 0.3) is 22.3 Å². The van der Waals surface area contributed by atoms with Crippen LogP contribution in [0.3, 0.4) is 0 Å². The van der Waals surface area contributed by atoms with Gasteiger partial charge in [-0.3, -0.25) is 0 Å². The van der Waals surface area contributed by atoms with Crippen LogP contribution in [0.15, 0.2) is 121 Å². The average Bonchev–Trinajstić information content (AvgIpc) is 3.29. The van der Waals surface area contributed by atoms with Crippen molar-refractivity contribution in [2.24, 2.45) is 0 Å². The van der Waals surface area contributed by atoms with Crippen molar-refractivity contribution in [3.8, 4) is 63.3 Å². The minimum Gasteiger partial charge on any atom is -0.494 e. The summed E-state index contributed by atoms with van der Waals surface area (Å²) >= 11 is 0. The normalized spacial score (nSPS) is 10.8. The van der Waals surface area contributed by atoms with Crippen LogP contribution in [0.2, 0.25) is 0 Å². The van der Waals surface area contributed by atoms with Crippen molar-refractivity contribution in [1.82, 2.24) is 15.0 Å². The van der Waals surface area contributed by atoms with Gasteiger partial charge in [0.25, 0.3) is 0 Å². The zero-order valence-corrected chi connectivity index (χ0v) is 36.5. The third-order valence-corrected chi connectivity index (χ3v) is 9.81. The number of hydrogen-bond acceptors (Lipinski definition) is 12. The minimum atomic E-state index is -0.465. The molecular formula is C51H59N3O9. The minimum absolute atomic E-state index is 0.0538. The van der Waals surface area contributed by atoms with Crippen molar-refractivity contribution in [3.05, 3.63) is 121 Å². The maximum Gasteiger partial charge on any atom is 0.338 e. The molecule has 332 valence electrons. The summed E-state index contributed by atoms with van der Waals surface area (Å²) in [5.41, 5.74) is 4.67. The Kier molecular flexibility index (Phi) is 19.7. The van der Waals surface area contributed by atoms with Crippen molar-refractivity contribution in [3.63, 3.8) is 0 Å². The molecule has 0 spiro atoms. The summed E-state index contributed by atoms with van der Waals surface area (Å²) in [6.45, 7) is 12.0. The zero-order chi connectivity index (χ0) is 44.7. The number of esters is 2. The SMILES string of the molecule is C=C(C)C(=O)Oc1ccc(-c2ccc(OCCCCCCCCCCCCOc3nc(OCCCCO)nc(Oc4ccc(-c5ccc(OC(=O)C(=C)C)cc5)cc4)n3)cc2)cc1. The quantitative estimate of drug-likeness (QED) is 0.0221. The third kappa shape index (κ3) is 17.0. The van der Waals surface area contributed by atoms with E-state index in [0.717, 1.165) is 60.1 Å². The number of carbonyl (C=O) groups excluding carboxylic acids is 2. The van der Waals surface area contributed by atoms with Gasteiger partial charge in [0.1, 0.15) is 23.0 Å². The van der Waals surface area contributed by atoms with Gasteiger partial charge < -0.3 is 33.5 Å². The predicted octanol–water partition coefficient (Wildman–Crippen LogP) is 11.5. The highest BCUT2D eigenvalue weighted by atomic mass is 16.5. The largest absolute Gasteiger partial charge is 0.494 e. The van der Waals surface area contributed by atoms with Crippen LogP contribution in [0.4, 0.5) is 0 Å². The molecule has 1 aromatic heterocycles. The highest BCUT2D eigenvalue weighted by Crippen LogP contribution is 2.28. The lowest BCUT2D eigenvalue weighted by Gasteiger charge is -2.10. The molecule has 5 rings (SSSR count). The molecule has 63 heavy (non-hydrogen) atoms. The highest BCUT2D eigenvalue weighted by molar-refractivity contribution is 5.89. The van der Waals surface area contributed by atoms with E-state index in [0.29, 0.717) is 61.1 Å². The molecule has 0 aliphatic heterocycles. The second kappa shape index (κ2) is 26.1. The van der Waals surface area contributed by atoms with E-state index < -0.39 is 11.9 Å². The Hall–Kier alpha value is -6.53. The molecule has 1 N–H and O–H groups in total. The maximum absolute atomic E-state index is 11.8. The topological polar surface area (TPSA) is 148 Å². The maximum atomic E-state index is 11.8. The molecule has 0 unspecified atom stereocenters. The van der Waals surface area contributed by atoms with Crippen LogP contribution in [0, 0.1) is 0 Å². The Morgan fingerprint density at radius 2 is 0.746 bits per heavy atom. The zero-order valence-electron chi connectivity index (χ0n) is 36.5. The van der Waals surface area contributed by atoms with E-state index in [-0.39, 0.29) is 24.6 Å². The van der Waals surface area contributed by atoms with E-state index in [1.54, 1.807) is 38.1 Å². The lowest BCUT2D eigenvalue weighted by molar-refractivity contribution is -0.130. The highest BCUT2D eigenvalue weighted by Gasteiger charge is 2.13. The van der Waals surface area contributed by atoms with E-state index >= 15 is 0 Å². The molecule has 0 bridgehead atoms. The molecule has 0 fully saturated rings. The van der Waals surface area contributed by atoms with Crippen LogP contribution >= 0.6 is 0 Å². The van der Waals surface area contributed by atoms with Crippen LogP contribution in [-0.2, 0) is 9.59 Å². The van der Waals surface area contributed by atoms with Crippen LogP contribution in [0.1, 0.15) is 90.9 Å². The Morgan fingerprint density at radius 1 is 0.429 bits per heavy atom. The van der Waals surface area contributed by atoms with Crippen LogP contribution < -0.4 is 28.4 Å². The molecule has 4 aromatic carbocycles. The van der Waals surface area contributed by atoms with Crippen LogP contribution in [-0.4, -0.2) is 58.4 Å². The fourth-order valence-electron chi connectivity index (χ4n) is 6.23. The van der Waals surface area contributed by atoms with Crippen molar-refractivity contribution in [1.29, 1.82) is 0 Å². The van der Waals surface area contributed by atoms with Gasteiger partial charge in [-0.1, -0.05) is 113 Å². The molecule has 0 amide bonds. The second-order valence-electron chi connectivity index (χ2n) is 15.2. The van der Waals surface area contributed by atoms with Gasteiger partial charge in [0.15, 0.2) is 0 Å². The van der Waals surface area contributed by atoms with Gasteiger partial charge >= 0.3 is 30.0 Å². The Morgan fingerprint density at radius 3 is 1.13 bits per heavy atom.